The van der Waals surface area contributed by atoms with Gasteiger partial charge in [-0.25, -0.2) is 4.79 Å². The minimum atomic E-state index is -0.378. The number of benzene rings is 3. The lowest BCUT2D eigenvalue weighted by molar-refractivity contribution is -0.130. The first-order chi connectivity index (χ1) is 16.9. The topological polar surface area (TPSA) is 113 Å². The van der Waals surface area contributed by atoms with Crippen molar-refractivity contribution in [2.45, 2.75) is 6.54 Å². The lowest BCUT2D eigenvalue weighted by Crippen LogP contribution is -2.28. The van der Waals surface area contributed by atoms with Gasteiger partial charge in [-0.2, -0.15) is 5.26 Å². The normalized spacial score (nSPS) is 10.0. The van der Waals surface area contributed by atoms with Crippen molar-refractivity contribution in [2.24, 2.45) is 0 Å². The molecular formula is C26H26N4O5. The van der Waals surface area contributed by atoms with Gasteiger partial charge < -0.3 is 29.7 Å². The minimum absolute atomic E-state index is 0.0978. The van der Waals surface area contributed by atoms with E-state index in [1.54, 1.807) is 80.8 Å². The van der Waals surface area contributed by atoms with Gasteiger partial charge in [-0.1, -0.05) is 12.1 Å². The molecule has 180 valence electrons. The fraction of sp³-hybridized carbons (Fsp3) is 0.192. The van der Waals surface area contributed by atoms with Crippen LogP contribution in [0.1, 0.15) is 11.1 Å². The van der Waals surface area contributed by atoms with E-state index in [2.05, 4.69) is 16.7 Å². The highest BCUT2D eigenvalue weighted by Crippen LogP contribution is 2.28. The average Bonchev–Trinajstić information content (AvgIpc) is 2.87. The molecule has 3 amide bonds. The van der Waals surface area contributed by atoms with E-state index in [0.29, 0.717) is 34.2 Å². The van der Waals surface area contributed by atoms with Crippen LogP contribution >= 0.6 is 0 Å². The number of anilines is 1. The van der Waals surface area contributed by atoms with Crippen molar-refractivity contribution >= 4 is 17.6 Å². The zero-order valence-corrected chi connectivity index (χ0v) is 19.7. The standard InChI is InChI=1S/C26H26N4O5/c1-30(2)25(31)17-34-23-12-7-19(14-24(23)33-3)16-28-26(32)29-20-8-10-21(11-9-20)35-22-6-4-5-18(13-22)15-27/h4-14H,16-17H2,1-3H3,(H2,28,29,32). The molecule has 0 fully saturated rings. The second-order valence-corrected chi connectivity index (χ2v) is 7.64. The molecular weight excluding hydrogens is 448 g/mol. The van der Waals surface area contributed by atoms with Gasteiger partial charge in [0.15, 0.2) is 18.1 Å². The number of carbonyl (C=O) groups is 2. The summed E-state index contributed by atoms with van der Waals surface area (Å²) in [4.78, 5) is 25.5. The van der Waals surface area contributed by atoms with Crippen LogP contribution in [0.25, 0.3) is 0 Å². The Labute approximate surface area is 203 Å². The molecule has 0 radical (unpaired) electrons. The SMILES string of the molecule is COc1cc(CNC(=O)Nc2ccc(Oc3cccc(C#N)c3)cc2)ccc1OCC(=O)N(C)C. The Morgan fingerprint density at radius 1 is 0.971 bits per heavy atom. The number of rotatable bonds is 9. The number of nitrogens with zero attached hydrogens (tertiary/aromatic N) is 2. The Kier molecular flexibility index (Phi) is 8.51. The monoisotopic (exact) mass is 474 g/mol. The summed E-state index contributed by atoms with van der Waals surface area (Å²) < 4.78 is 16.6. The minimum Gasteiger partial charge on any atom is -0.493 e. The molecule has 0 aliphatic rings. The molecule has 35 heavy (non-hydrogen) atoms. The van der Waals surface area contributed by atoms with Gasteiger partial charge in [0, 0.05) is 26.3 Å². The largest absolute Gasteiger partial charge is 0.493 e. The molecule has 0 saturated heterocycles. The zero-order chi connectivity index (χ0) is 25.2. The summed E-state index contributed by atoms with van der Waals surface area (Å²) in [6.07, 6.45) is 0. The summed E-state index contributed by atoms with van der Waals surface area (Å²) in [6.45, 7) is 0.162. The van der Waals surface area contributed by atoms with E-state index in [-0.39, 0.29) is 25.1 Å². The van der Waals surface area contributed by atoms with Crippen LogP contribution in [-0.4, -0.2) is 44.7 Å². The Bertz CT molecular complexity index is 1220. The molecule has 0 atom stereocenters. The van der Waals surface area contributed by atoms with Gasteiger partial charge in [-0.15, -0.1) is 0 Å². The highest BCUT2D eigenvalue weighted by atomic mass is 16.5. The Morgan fingerprint density at radius 2 is 1.74 bits per heavy atom. The van der Waals surface area contributed by atoms with Crippen LogP contribution in [0.15, 0.2) is 66.7 Å². The average molecular weight is 475 g/mol. The van der Waals surface area contributed by atoms with Gasteiger partial charge in [0.1, 0.15) is 11.5 Å². The van der Waals surface area contributed by atoms with Gasteiger partial charge in [-0.05, 0) is 60.2 Å². The molecule has 3 aromatic rings. The lowest BCUT2D eigenvalue weighted by Gasteiger charge is -2.14. The second-order valence-electron chi connectivity index (χ2n) is 7.64. The van der Waals surface area contributed by atoms with Crippen LogP contribution in [0.3, 0.4) is 0 Å². The predicted molar refractivity (Wildman–Crippen MR) is 131 cm³/mol. The van der Waals surface area contributed by atoms with Crippen LogP contribution in [0.5, 0.6) is 23.0 Å². The lowest BCUT2D eigenvalue weighted by atomic mass is 10.2. The van der Waals surface area contributed by atoms with Crippen molar-refractivity contribution in [3.63, 3.8) is 0 Å². The van der Waals surface area contributed by atoms with Gasteiger partial charge >= 0.3 is 6.03 Å². The number of hydrogen-bond donors (Lipinski definition) is 2. The molecule has 0 saturated carbocycles. The number of urea groups is 1. The third-order valence-corrected chi connectivity index (χ3v) is 4.84. The Morgan fingerprint density at radius 3 is 2.43 bits per heavy atom. The zero-order valence-electron chi connectivity index (χ0n) is 19.7. The van der Waals surface area contributed by atoms with Crippen molar-refractivity contribution in [2.75, 3.05) is 33.1 Å². The van der Waals surface area contributed by atoms with E-state index in [1.807, 2.05) is 0 Å². The van der Waals surface area contributed by atoms with Crippen LogP contribution in [0, 0.1) is 11.3 Å². The van der Waals surface area contributed by atoms with Gasteiger partial charge in [0.25, 0.3) is 5.91 Å². The van der Waals surface area contributed by atoms with Crippen molar-refractivity contribution in [1.29, 1.82) is 5.26 Å². The fourth-order valence-corrected chi connectivity index (χ4v) is 2.94. The summed E-state index contributed by atoms with van der Waals surface area (Å²) in [7, 11) is 4.82. The molecule has 0 unspecified atom stereocenters. The van der Waals surface area contributed by atoms with E-state index in [9.17, 15) is 9.59 Å². The smallest absolute Gasteiger partial charge is 0.319 e. The van der Waals surface area contributed by atoms with Crippen molar-refractivity contribution < 1.29 is 23.8 Å². The highest BCUT2D eigenvalue weighted by molar-refractivity contribution is 5.89. The van der Waals surface area contributed by atoms with Crippen molar-refractivity contribution in [3.8, 4) is 29.1 Å². The first-order valence-corrected chi connectivity index (χ1v) is 10.7. The van der Waals surface area contributed by atoms with Crippen LogP contribution in [-0.2, 0) is 11.3 Å². The molecule has 9 nitrogen and oxygen atoms in total. The Hall–Kier alpha value is -4.71. The third-order valence-electron chi connectivity index (χ3n) is 4.84. The number of nitriles is 1. The molecule has 0 aliphatic carbocycles. The molecule has 0 aromatic heterocycles. The fourth-order valence-electron chi connectivity index (χ4n) is 2.94. The van der Waals surface area contributed by atoms with E-state index in [0.717, 1.165) is 5.56 Å². The highest BCUT2D eigenvalue weighted by Gasteiger charge is 2.11. The first-order valence-electron chi connectivity index (χ1n) is 10.7. The summed E-state index contributed by atoms with van der Waals surface area (Å²) in [6, 6.07) is 20.6. The van der Waals surface area contributed by atoms with E-state index in [1.165, 1.54) is 12.0 Å². The van der Waals surface area contributed by atoms with Crippen molar-refractivity contribution in [1.82, 2.24) is 10.2 Å². The number of likely N-dealkylation sites (N-methyl/N-ethyl adjacent to an activating group) is 1. The summed E-state index contributed by atoms with van der Waals surface area (Å²) in [5.41, 5.74) is 1.90. The Balaban J connectivity index is 1.51. The second kappa shape index (κ2) is 12.0. The van der Waals surface area contributed by atoms with E-state index < -0.39 is 0 Å². The number of amides is 3. The molecule has 0 heterocycles. The molecule has 3 aromatic carbocycles. The molecule has 3 rings (SSSR count). The summed E-state index contributed by atoms with van der Waals surface area (Å²) in [5.74, 6) is 1.87. The molecule has 9 heteroatoms. The molecule has 0 bridgehead atoms. The maximum absolute atomic E-state index is 12.3. The predicted octanol–water partition coefficient (Wildman–Crippen LogP) is 4.15. The van der Waals surface area contributed by atoms with Crippen LogP contribution < -0.4 is 24.8 Å². The summed E-state index contributed by atoms with van der Waals surface area (Å²) in [5, 5.41) is 14.5. The third kappa shape index (κ3) is 7.40. The van der Waals surface area contributed by atoms with Gasteiger partial charge in [0.05, 0.1) is 18.7 Å². The summed E-state index contributed by atoms with van der Waals surface area (Å²) >= 11 is 0. The number of hydrogen-bond acceptors (Lipinski definition) is 6. The molecule has 0 spiro atoms. The van der Waals surface area contributed by atoms with Crippen LogP contribution in [0.2, 0.25) is 0 Å². The number of ether oxygens (including phenoxy) is 3. The maximum Gasteiger partial charge on any atom is 0.319 e. The van der Waals surface area contributed by atoms with E-state index >= 15 is 0 Å². The van der Waals surface area contributed by atoms with Crippen molar-refractivity contribution in [3.05, 3.63) is 77.9 Å². The number of nitrogens with one attached hydrogen (secondary N) is 2. The quantitative estimate of drug-likeness (QED) is 0.482. The maximum atomic E-state index is 12.3. The first kappa shape index (κ1) is 24.9. The van der Waals surface area contributed by atoms with Crippen LogP contribution in [0.4, 0.5) is 10.5 Å². The van der Waals surface area contributed by atoms with E-state index in [4.69, 9.17) is 19.5 Å². The number of methoxy groups -OCH3 is 1. The number of carbonyl (C=O) groups excluding carboxylic acids is 2. The van der Waals surface area contributed by atoms with Gasteiger partial charge in [0.2, 0.25) is 0 Å². The van der Waals surface area contributed by atoms with Gasteiger partial charge in [-0.3, -0.25) is 4.79 Å². The molecule has 0 aliphatic heterocycles. The molecule has 2 N–H and O–H groups in total.